The molecule has 2 aliphatic rings. The van der Waals surface area contributed by atoms with Crippen LogP contribution in [0.5, 0.6) is 0 Å². The fourth-order valence-corrected chi connectivity index (χ4v) is 4.65. The third-order valence-electron chi connectivity index (χ3n) is 4.28. The number of nitriles is 1. The van der Waals surface area contributed by atoms with E-state index in [4.69, 9.17) is 22.2 Å². The molecule has 0 N–H and O–H groups in total. The van der Waals surface area contributed by atoms with Crippen LogP contribution in [0, 0.1) is 11.3 Å². The van der Waals surface area contributed by atoms with Crippen molar-refractivity contribution >= 4 is 45.8 Å². The fraction of sp³-hybridized carbons (Fsp3) is 0.444. The van der Waals surface area contributed by atoms with Gasteiger partial charge in [-0.2, -0.15) is 5.26 Å². The van der Waals surface area contributed by atoms with Gasteiger partial charge in [0.25, 0.3) is 0 Å². The molecule has 3 atom stereocenters. The van der Waals surface area contributed by atoms with Crippen molar-refractivity contribution in [3.8, 4) is 6.07 Å². The molecule has 0 radical (unpaired) electrons. The van der Waals surface area contributed by atoms with Gasteiger partial charge in [0.15, 0.2) is 0 Å². The second-order valence-electron chi connectivity index (χ2n) is 6.46. The fourth-order valence-electron chi connectivity index (χ4n) is 3.18. The molecule has 0 aromatic heterocycles. The topological polar surface area (TPSA) is 73.6 Å². The van der Waals surface area contributed by atoms with Crippen molar-refractivity contribution in [1.82, 2.24) is 4.90 Å². The van der Waals surface area contributed by atoms with E-state index in [2.05, 4.69) is 0 Å². The lowest BCUT2D eigenvalue weighted by Crippen LogP contribution is -2.47. The molecule has 2 saturated heterocycles. The maximum atomic E-state index is 12.7. The number of rotatable bonds is 2. The molecule has 2 heterocycles. The molecule has 136 valence electrons. The number of morpholine rings is 1. The number of ether oxygens (including phenoxy) is 1. The molecule has 1 aromatic carbocycles. The third-order valence-corrected chi connectivity index (χ3v) is 5.94. The summed E-state index contributed by atoms with van der Waals surface area (Å²) in [7, 11) is 0. The molecule has 0 unspecified atom stereocenters. The highest BCUT2D eigenvalue weighted by molar-refractivity contribution is 8.23. The minimum absolute atomic E-state index is 0.0772. The average Bonchev–Trinajstić information content (AvgIpc) is 2.88. The standard InChI is InChI=1S/C18H19N3O3S2/c1-11-9-20(10-12(2)24-11)18(25)26-15-7-16(22)21(17(15)23)14-5-3-13(8-19)4-6-14/h3-6,11-12,15H,7,9-10H2,1-2H3/t11-,12-,15+/m1/s1. The van der Waals surface area contributed by atoms with Gasteiger partial charge in [-0.1, -0.05) is 24.0 Å². The Morgan fingerprint density at radius 1 is 1.23 bits per heavy atom. The average molecular weight is 390 g/mol. The van der Waals surface area contributed by atoms with Crippen molar-refractivity contribution in [3.05, 3.63) is 29.8 Å². The summed E-state index contributed by atoms with van der Waals surface area (Å²) in [6, 6.07) is 8.44. The first kappa shape index (κ1) is 18.8. The van der Waals surface area contributed by atoms with Crippen LogP contribution in [-0.4, -0.2) is 51.6 Å². The van der Waals surface area contributed by atoms with Crippen molar-refractivity contribution in [2.45, 2.75) is 37.7 Å². The highest BCUT2D eigenvalue weighted by Gasteiger charge is 2.41. The van der Waals surface area contributed by atoms with Crippen molar-refractivity contribution in [2.24, 2.45) is 0 Å². The Bertz CT molecular complexity index is 765. The summed E-state index contributed by atoms with van der Waals surface area (Å²) in [5.41, 5.74) is 0.970. The number of thioether (sulfide) groups is 1. The monoisotopic (exact) mass is 389 g/mol. The molecule has 26 heavy (non-hydrogen) atoms. The van der Waals surface area contributed by atoms with E-state index in [1.807, 2.05) is 24.8 Å². The van der Waals surface area contributed by atoms with Crippen molar-refractivity contribution < 1.29 is 14.3 Å². The van der Waals surface area contributed by atoms with Crippen LogP contribution >= 0.6 is 24.0 Å². The molecule has 6 nitrogen and oxygen atoms in total. The number of amides is 2. The van der Waals surface area contributed by atoms with Crippen LogP contribution in [0.3, 0.4) is 0 Å². The van der Waals surface area contributed by atoms with E-state index in [1.165, 1.54) is 16.7 Å². The summed E-state index contributed by atoms with van der Waals surface area (Å²) < 4.78 is 6.33. The van der Waals surface area contributed by atoms with Crippen molar-refractivity contribution in [1.29, 1.82) is 5.26 Å². The first-order valence-electron chi connectivity index (χ1n) is 8.37. The van der Waals surface area contributed by atoms with Gasteiger partial charge in [-0.05, 0) is 38.1 Å². The molecule has 1 aromatic rings. The normalized spacial score (nSPS) is 26.1. The Kier molecular flexibility index (Phi) is 5.61. The summed E-state index contributed by atoms with van der Waals surface area (Å²) in [5.74, 6) is -0.509. The Morgan fingerprint density at radius 3 is 2.42 bits per heavy atom. The van der Waals surface area contributed by atoms with Crippen LogP contribution in [-0.2, 0) is 14.3 Å². The summed E-state index contributed by atoms with van der Waals surface area (Å²) in [4.78, 5) is 28.3. The lowest BCUT2D eigenvalue weighted by molar-refractivity contribution is -0.121. The zero-order chi connectivity index (χ0) is 18.8. The van der Waals surface area contributed by atoms with Gasteiger partial charge in [0.2, 0.25) is 11.8 Å². The quantitative estimate of drug-likeness (QED) is 0.568. The Morgan fingerprint density at radius 2 is 1.85 bits per heavy atom. The molecular weight excluding hydrogens is 370 g/mol. The van der Waals surface area contributed by atoms with Gasteiger partial charge in [-0.25, -0.2) is 4.90 Å². The number of carbonyl (C=O) groups excluding carboxylic acids is 2. The molecule has 0 spiro atoms. The van der Waals surface area contributed by atoms with E-state index in [9.17, 15) is 9.59 Å². The number of hydrogen-bond donors (Lipinski definition) is 0. The lowest BCUT2D eigenvalue weighted by atomic mass is 10.2. The third kappa shape index (κ3) is 3.90. The van der Waals surface area contributed by atoms with Crippen LogP contribution in [0.2, 0.25) is 0 Å². The maximum Gasteiger partial charge on any atom is 0.247 e. The van der Waals surface area contributed by atoms with Crippen LogP contribution in [0.4, 0.5) is 5.69 Å². The van der Waals surface area contributed by atoms with Gasteiger partial charge in [0.05, 0.1) is 29.5 Å². The van der Waals surface area contributed by atoms with Gasteiger partial charge < -0.3 is 9.64 Å². The molecule has 0 saturated carbocycles. The Labute approximate surface area is 162 Å². The first-order chi connectivity index (χ1) is 12.4. The highest BCUT2D eigenvalue weighted by Crippen LogP contribution is 2.32. The van der Waals surface area contributed by atoms with E-state index < -0.39 is 5.25 Å². The van der Waals surface area contributed by atoms with Gasteiger partial charge in [-0.15, -0.1) is 0 Å². The van der Waals surface area contributed by atoms with Crippen LogP contribution < -0.4 is 4.90 Å². The zero-order valence-electron chi connectivity index (χ0n) is 14.5. The van der Waals surface area contributed by atoms with Crippen LogP contribution in [0.1, 0.15) is 25.8 Å². The summed E-state index contributed by atoms with van der Waals surface area (Å²) in [6.45, 7) is 5.36. The largest absolute Gasteiger partial charge is 0.372 e. The number of thiocarbonyl (C=S) groups is 1. The lowest BCUT2D eigenvalue weighted by Gasteiger charge is -2.36. The van der Waals surface area contributed by atoms with Gasteiger partial charge in [0.1, 0.15) is 9.57 Å². The van der Waals surface area contributed by atoms with Gasteiger partial charge >= 0.3 is 0 Å². The smallest absolute Gasteiger partial charge is 0.247 e. The second kappa shape index (κ2) is 7.74. The van der Waals surface area contributed by atoms with Crippen molar-refractivity contribution in [2.75, 3.05) is 18.0 Å². The predicted molar refractivity (Wildman–Crippen MR) is 104 cm³/mol. The van der Waals surface area contributed by atoms with Crippen molar-refractivity contribution in [3.63, 3.8) is 0 Å². The number of carbonyl (C=O) groups is 2. The molecule has 3 rings (SSSR count). The molecule has 2 aliphatic heterocycles. The second-order valence-corrected chi connectivity index (χ2v) is 8.30. The van der Waals surface area contributed by atoms with E-state index in [-0.39, 0.29) is 30.4 Å². The summed E-state index contributed by atoms with van der Waals surface area (Å²) in [5, 5.41) is 8.36. The number of benzene rings is 1. The van der Waals surface area contributed by atoms with Crippen LogP contribution in [0.15, 0.2) is 24.3 Å². The zero-order valence-corrected chi connectivity index (χ0v) is 16.2. The molecule has 0 bridgehead atoms. The Hall–Kier alpha value is -1.95. The SMILES string of the molecule is C[C@@H]1CN(C(=S)S[C@H]2CC(=O)N(c3ccc(C#N)cc3)C2=O)C[C@@H](C)O1. The minimum Gasteiger partial charge on any atom is -0.372 e. The molecule has 8 heteroatoms. The van der Waals surface area contributed by atoms with E-state index in [0.29, 0.717) is 28.7 Å². The number of hydrogen-bond acceptors (Lipinski definition) is 6. The van der Waals surface area contributed by atoms with Gasteiger partial charge in [0, 0.05) is 19.5 Å². The molecule has 2 amide bonds. The molecular formula is C18H19N3O3S2. The summed E-state index contributed by atoms with van der Waals surface area (Å²) in [6.07, 6.45) is 0.278. The number of anilines is 1. The highest BCUT2D eigenvalue weighted by atomic mass is 32.2. The first-order valence-corrected chi connectivity index (χ1v) is 9.66. The minimum atomic E-state index is -0.515. The summed E-state index contributed by atoms with van der Waals surface area (Å²) >= 11 is 6.78. The number of nitrogens with zero attached hydrogens (tertiary/aromatic N) is 3. The van der Waals surface area contributed by atoms with E-state index >= 15 is 0 Å². The maximum absolute atomic E-state index is 12.7. The Balaban J connectivity index is 1.68. The molecule has 0 aliphatic carbocycles. The van der Waals surface area contributed by atoms with Gasteiger partial charge in [-0.3, -0.25) is 9.59 Å². The van der Waals surface area contributed by atoms with Crippen LogP contribution in [0.25, 0.3) is 0 Å². The van der Waals surface area contributed by atoms with E-state index in [0.717, 1.165) is 0 Å². The molecule has 2 fully saturated rings. The number of imide groups is 1. The predicted octanol–water partition coefficient (Wildman–Crippen LogP) is 2.32. The van der Waals surface area contributed by atoms with E-state index in [1.54, 1.807) is 24.3 Å².